The molecular formula is C20H19F4NO2. The van der Waals surface area contributed by atoms with Crippen LogP contribution in [-0.2, 0) is 17.5 Å². The Morgan fingerprint density at radius 2 is 1.89 bits per heavy atom. The smallest absolute Gasteiger partial charge is 0.372 e. The third-order valence-corrected chi connectivity index (χ3v) is 4.50. The first-order valence-electron chi connectivity index (χ1n) is 8.65. The quantitative estimate of drug-likeness (QED) is 0.721. The van der Waals surface area contributed by atoms with E-state index in [0.717, 1.165) is 25.0 Å². The van der Waals surface area contributed by atoms with Gasteiger partial charge in [0.2, 0.25) is 0 Å². The van der Waals surface area contributed by atoms with E-state index in [0.29, 0.717) is 24.2 Å². The first-order chi connectivity index (χ1) is 12.8. The van der Waals surface area contributed by atoms with Crippen molar-refractivity contribution in [2.45, 2.75) is 31.7 Å². The van der Waals surface area contributed by atoms with E-state index in [1.807, 2.05) is 0 Å². The second-order valence-electron chi connectivity index (χ2n) is 6.53. The van der Waals surface area contributed by atoms with Crippen molar-refractivity contribution in [3.8, 4) is 0 Å². The van der Waals surface area contributed by atoms with E-state index in [1.165, 1.54) is 30.3 Å². The predicted octanol–water partition coefficient (Wildman–Crippen LogP) is 4.67. The van der Waals surface area contributed by atoms with E-state index in [4.69, 9.17) is 4.74 Å². The van der Waals surface area contributed by atoms with Gasteiger partial charge in [0.05, 0.1) is 18.3 Å². The lowest BCUT2D eigenvalue weighted by atomic mass is 10.1. The monoisotopic (exact) mass is 381 g/mol. The fraction of sp³-hybridized carbons (Fsp3) is 0.350. The van der Waals surface area contributed by atoms with E-state index < -0.39 is 17.6 Å². The molecule has 1 aliphatic heterocycles. The number of halogens is 4. The maximum absolute atomic E-state index is 13.3. The van der Waals surface area contributed by atoms with Crippen LogP contribution in [0, 0.1) is 5.82 Å². The fourth-order valence-electron chi connectivity index (χ4n) is 3.07. The standard InChI is InChI=1S/C20H19F4NO2/c21-17-4-1-3-15(11-17)19(26)25-10-2-5-18(12-25)27-13-14-6-8-16(9-7-14)20(22,23)24/h1,3-4,6-9,11,18H,2,5,10,12-13H2. The van der Waals surface area contributed by atoms with Crippen LogP contribution in [0.2, 0.25) is 0 Å². The van der Waals surface area contributed by atoms with Crippen molar-refractivity contribution in [1.82, 2.24) is 4.90 Å². The van der Waals surface area contributed by atoms with Crippen molar-refractivity contribution in [2.75, 3.05) is 13.1 Å². The van der Waals surface area contributed by atoms with Crippen LogP contribution in [0.25, 0.3) is 0 Å². The summed E-state index contributed by atoms with van der Waals surface area (Å²) < 4.78 is 56.9. The van der Waals surface area contributed by atoms with E-state index in [-0.39, 0.29) is 18.6 Å². The number of ether oxygens (including phenoxy) is 1. The van der Waals surface area contributed by atoms with E-state index in [2.05, 4.69) is 0 Å². The summed E-state index contributed by atoms with van der Waals surface area (Å²) in [6.07, 6.45) is -3.06. The van der Waals surface area contributed by atoms with Gasteiger partial charge in [-0.3, -0.25) is 4.79 Å². The predicted molar refractivity (Wildman–Crippen MR) is 91.6 cm³/mol. The summed E-state index contributed by atoms with van der Waals surface area (Å²) in [5, 5.41) is 0. The Morgan fingerprint density at radius 1 is 1.15 bits per heavy atom. The van der Waals surface area contributed by atoms with Gasteiger partial charge < -0.3 is 9.64 Å². The normalized spacial score (nSPS) is 17.8. The van der Waals surface area contributed by atoms with Gasteiger partial charge in [-0.15, -0.1) is 0 Å². The molecule has 1 fully saturated rings. The molecule has 0 aromatic heterocycles. The van der Waals surface area contributed by atoms with Crippen LogP contribution in [0.5, 0.6) is 0 Å². The highest BCUT2D eigenvalue weighted by molar-refractivity contribution is 5.94. The molecule has 27 heavy (non-hydrogen) atoms. The lowest BCUT2D eigenvalue weighted by Gasteiger charge is -2.32. The van der Waals surface area contributed by atoms with E-state index in [1.54, 1.807) is 11.0 Å². The number of alkyl halides is 3. The zero-order chi connectivity index (χ0) is 19.4. The van der Waals surface area contributed by atoms with Crippen LogP contribution >= 0.6 is 0 Å². The molecular weight excluding hydrogens is 362 g/mol. The van der Waals surface area contributed by atoms with Crippen LogP contribution in [0.15, 0.2) is 48.5 Å². The molecule has 3 rings (SSSR count). The summed E-state index contributed by atoms with van der Waals surface area (Å²) in [6.45, 7) is 1.11. The number of amides is 1. The Bertz CT molecular complexity index is 789. The molecule has 2 aromatic carbocycles. The van der Waals surface area contributed by atoms with E-state index >= 15 is 0 Å². The van der Waals surface area contributed by atoms with Crippen molar-refractivity contribution in [2.24, 2.45) is 0 Å². The first-order valence-corrected chi connectivity index (χ1v) is 8.65. The summed E-state index contributed by atoms with van der Waals surface area (Å²) in [7, 11) is 0. The minimum Gasteiger partial charge on any atom is -0.372 e. The average Bonchev–Trinajstić information content (AvgIpc) is 2.65. The number of rotatable bonds is 4. The Kier molecular flexibility index (Phi) is 5.79. The Labute approximate surface area is 154 Å². The molecule has 1 aliphatic rings. The molecule has 144 valence electrons. The largest absolute Gasteiger partial charge is 0.416 e. The summed E-state index contributed by atoms with van der Waals surface area (Å²) in [4.78, 5) is 14.1. The molecule has 2 aromatic rings. The minimum atomic E-state index is -4.36. The topological polar surface area (TPSA) is 29.5 Å². The highest BCUT2D eigenvalue weighted by atomic mass is 19.4. The number of hydrogen-bond donors (Lipinski definition) is 0. The highest BCUT2D eigenvalue weighted by Crippen LogP contribution is 2.29. The maximum atomic E-state index is 13.3. The molecule has 1 heterocycles. The molecule has 0 spiro atoms. The van der Waals surface area contributed by atoms with Crippen molar-refractivity contribution in [3.05, 3.63) is 71.0 Å². The van der Waals surface area contributed by atoms with E-state index in [9.17, 15) is 22.4 Å². The van der Waals surface area contributed by atoms with Gasteiger partial charge in [-0.1, -0.05) is 18.2 Å². The van der Waals surface area contributed by atoms with Crippen LogP contribution in [0.4, 0.5) is 17.6 Å². The van der Waals surface area contributed by atoms with Crippen LogP contribution in [-0.4, -0.2) is 30.0 Å². The summed E-state index contributed by atoms with van der Waals surface area (Å²) in [6, 6.07) is 10.4. The number of nitrogens with zero attached hydrogens (tertiary/aromatic N) is 1. The molecule has 0 saturated carbocycles. The zero-order valence-corrected chi connectivity index (χ0v) is 14.5. The van der Waals surface area contributed by atoms with Gasteiger partial charge in [0, 0.05) is 18.7 Å². The Balaban J connectivity index is 1.56. The number of hydrogen-bond acceptors (Lipinski definition) is 2. The average molecular weight is 381 g/mol. The third-order valence-electron chi connectivity index (χ3n) is 4.50. The number of carbonyl (C=O) groups is 1. The van der Waals surface area contributed by atoms with Gasteiger partial charge in [0.25, 0.3) is 5.91 Å². The molecule has 1 saturated heterocycles. The van der Waals surface area contributed by atoms with Crippen molar-refractivity contribution < 1.29 is 27.1 Å². The molecule has 0 bridgehead atoms. The lowest BCUT2D eigenvalue weighted by molar-refractivity contribution is -0.137. The number of piperidine rings is 1. The molecule has 1 amide bonds. The zero-order valence-electron chi connectivity index (χ0n) is 14.5. The van der Waals surface area contributed by atoms with Gasteiger partial charge >= 0.3 is 6.18 Å². The van der Waals surface area contributed by atoms with Crippen LogP contribution < -0.4 is 0 Å². The van der Waals surface area contributed by atoms with Gasteiger partial charge in [0.1, 0.15) is 5.82 Å². The molecule has 7 heteroatoms. The van der Waals surface area contributed by atoms with Crippen LogP contribution in [0.1, 0.15) is 34.3 Å². The van der Waals surface area contributed by atoms with Gasteiger partial charge in [0.15, 0.2) is 0 Å². The van der Waals surface area contributed by atoms with Gasteiger partial charge in [-0.2, -0.15) is 13.2 Å². The number of likely N-dealkylation sites (tertiary alicyclic amines) is 1. The SMILES string of the molecule is O=C(c1cccc(F)c1)N1CCCC(OCc2ccc(C(F)(F)F)cc2)C1. The molecule has 1 unspecified atom stereocenters. The van der Waals surface area contributed by atoms with Crippen molar-refractivity contribution >= 4 is 5.91 Å². The van der Waals surface area contributed by atoms with Crippen LogP contribution in [0.3, 0.4) is 0 Å². The molecule has 3 nitrogen and oxygen atoms in total. The summed E-state index contributed by atoms with van der Waals surface area (Å²) in [5.41, 5.74) is 0.228. The summed E-state index contributed by atoms with van der Waals surface area (Å²) in [5.74, 6) is -0.717. The minimum absolute atomic E-state index is 0.171. The summed E-state index contributed by atoms with van der Waals surface area (Å²) >= 11 is 0. The molecule has 0 aliphatic carbocycles. The Morgan fingerprint density at radius 3 is 2.56 bits per heavy atom. The molecule has 0 N–H and O–H groups in total. The maximum Gasteiger partial charge on any atom is 0.416 e. The first kappa shape index (κ1) is 19.4. The third kappa shape index (κ3) is 5.07. The van der Waals surface area contributed by atoms with Crippen molar-refractivity contribution in [1.29, 1.82) is 0 Å². The lowest BCUT2D eigenvalue weighted by Crippen LogP contribution is -2.43. The second-order valence-corrected chi connectivity index (χ2v) is 6.53. The van der Waals surface area contributed by atoms with Gasteiger partial charge in [-0.25, -0.2) is 4.39 Å². The second kappa shape index (κ2) is 8.08. The number of benzene rings is 2. The Hall–Kier alpha value is -2.41. The molecule has 1 atom stereocenters. The van der Waals surface area contributed by atoms with Crippen molar-refractivity contribution in [3.63, 3.8) is 0 Å². The fourth-order valence-corrected chi connectivity index (χ4v) is 3.07. The number of carbonyl (C=O) groups excluding carboxylic acids is 1. The highest BCUT2D eigenvalue weighted by Gasteiger charge is 2.30. The van der Waals surface area contributed by atoms with Gasteiger partial charge in [-0.05, 0) is 48.7 Å². The molecule has 0 radical (unpaired) electrons.